The number of hydrogen-bond acceptors (Lipinski definition) is 4. The van der Waals surface area contributed by atoms with Gasteiger partial charge in [0, 0.05) is 0 Å². The zero-order valence-electron chi connectivity index (χ0n) is 10.0. The molecule has 1 heterocycles. The highest BCUT2D eigenvalue weighted by atomic mass is 16.4. The lowest BCUT2D eigenvalue weighted by atomic mass is 10.1. The minimum atomic E-state index is -0.733. The van der Waals surface area contributed by atoms with Gasteiger partial charge in [-0.05, 0) is 31.6 Å². The van der Waals surface area contributed by atoms with Crippen molar-refractivity contribution in [3.63, 3.8) is 0 Å². The van der Waals surface area contributed by atoms with Crippen LogP contribution < -0.4 is 16.7 Å². The monoisotopic (exact) mass is 246 g/mol. The fourth-order valence-corrected chi connectivity index (χ4v) is 1.75. The van der Waals surface area contributed by atoms with E-state index in [1.54, 1.807) is 12.1 Å². The highest BCUT2D eigenvalue weighted by Gasteiger charge is 2.05. The second-order valence-electron chi connectivity index (χ2n) is 3.87. The predicted molar refractivity (Wildman–Crippen MR) is 70.7 cm³/mol. The molecule has 5 nitrogen and oxygen atoms in total. The normalized spacial score (nSPS) is 11.4. The Balaban J connectivity index is 2.49. The highest BCUT2D eigenvalue weighted by molar-refractivity contribution is 5.86. The number of hydrogen-bond donors (Lipinski definition) is 2. The molecule has 0 amide bonds. The molecule has 5 heteroatoms. The Labute approximate surface area is 103 Å². The lowest BCUT2D eigenvalue weighted by Crippen LogP contribution is -2.15. The molecule has 1 aromatic carbocycles. The van der Waals surface area contributed by atoms with Crippen molar-refractivity contribution in [2.24, 2.45) is 0 Å². The average molecular weight is 246 g/mol. The van der Waals surface area contributed by atoms with Crippen LogP contribution in [0.15, 0.2) is 38.3 Å². The lowest BCUT2D eigenvalue weighted by Gasteiger charge is -1.99. The van der Waals surface area contributed by atoms with Crippen molar-refractivity contribution < 1.29 is 4.42 Å². The van der Waals surface area contributed by atoms with Crippen molar-refractivity contribution in [3.05, 3.63) is 50.8 Å². The van der Waals surface area contributed by atoms with E-state index in [9.17, 15) is 9.59 Å². The summed E-state index contributed by atoms with van der Waals surface area (Å²) in [4.78, 5) is 25.2. The van der Waals surface area contributed by atoms with E-state index >= 15 is 0 Å². The summed E-state index contributed by atoms with van der Waals surface area (Å²) >= 11 is 0. The van der Waals surface area contributed by atoms with Crippen LogP contribution in [-0.4, -0.2) is 18.6 Å². The summed E-state index contributed by atoms with van der Waals surface area (Å²) in [5, 5.41) is 3.43. The first kappa shape index (κ1) is 12.3. The van der Waals surface area contributed by atoms with Gasteiger partial charge in [-0.1, -0.05) is 24.3 Å². The van der Waals surface area contributed by atoms with Gasteiger partial charge < -0.3 is 9.73 Å². The molecule has 2 N–H and O–H groups in total. The van der Waals surface area contributed by atoms with Crippen LogP contribution in [0.4, 0.5) is 0 Å². The summed E-state index contributed by atoms with van der Waals surface area (Å²) in [5.41, 5.74) is 0.628. The molecule has 0 fully saturated rings. The minimum absolute atomic E-state index is 0.401. The van der Waals surface area contributed by atoms with Crippen molar-refractivity contribution in [1.82, 2.24) is 10.3 Å². The maximum atomic E-state index is 11.7. The summed E-state index contributed by atoms with van der Waals surface area (Å²) in [5.74, 6) is -0.733. The second-order valence-corrected chi connectivity index (χ2v) is 3.87. The standard InChI is InChI=1S/C13H14N2O3/c1-14-8-3-2-5-9-6-4-7-10-11(9)12(16)18-13(17)15-10/h2,4-7,14H,3,8H2,1H3,(H,15,17). The van der Waals surface area contributed by atoms with Gasteiger partial charge in [0.2, 0.25) is 0 Å². The summed E-state index contributed by atoms with van der Waals surface area (Å²) in [6, 6.07) is 5.28. The van der Waals surface area contributed by atoms with E-state index in [2.05, 4.69) is 14.7 Å². The first-order valence-corrected chi connectivity index (χ1v) is 5.69. The minimum Gasteiger partial charge on any atom is -0.372 e. The van der Waals surface area contributed by atoms with Gasteiger partial charge in [-0.25, -0.2) is 9.59 Å². The topological polar surface area (TPSA) is 75.1 Å². The third-order valence-electron chi connectivity index (χ3n) is 2.58. The number of rotatable bonds is 4. The predicted octanol–water partition coefficient (Wildman–Crippen LogP) is 1.10. The van der Waals surface area contributed by atoms with Crippen LogP contribution in [0.3, 0.4) is 0 Å². The Hall–Kier alpha value is -2.14. The molecule has 2 rings (SSSR count). The van der Waals surface area contributed by atoms with Gasteiger partial charge in [0.15, 0.2) is 0 Å². The van der Waals surface area contributed by atoms with E-state index < -0.39 is 11.4 Å². The van der Waals surface area contributed by atoms with Gasteiger partial charge in [-0.15, -0.1) is 0 Å². The summed E-state index contributed by atoms with van der Waals surface area (Å²) < 4.78 is 4.55. The summed E-state index contributed by atoms with van der Waals surface area (Å²) in [6.45, 7) is 0.868. The van der Waals surface area contributed by atoms with Gasteiger partial charge in [0.1, 0.15) is 0 Å². The molecule has 0 spiro atoms. The Kier molecular flexibility index (Phi) is 3.74. The molecule has 0 atom stereocenters. The Morgan fingerprint density at radius 3 is 3.00 bits per heavy atom. The van der Waals surface area contributed by atoms with Crippen molar-refractivity contribution in [1.29, 1.82) is 0 Å². The van der Waals surface area contributed by atoms with Crippen molar-refractivity contribution in [2.45, 2.75) is 6.42 Å². The van der Waals surface area contributed by atoms with Crippen LogP contribution >= 0.6 is 0 Å². The molecule has 0 aliphatic carbocycles. The molecule has 0 aliphatic heterocycles. The van der Waals surface area contributed by atoms with Gasteiger partial charge in [0.25, 0.3) is 0 Å². The van der Waals surface area contributed by atoms with Crippen LogP contribution in [0.1, 0.15) is 12.0 Å². The van der Waals surface area contributed by atoms with Gasteiger partial charge in [-0.3, -0.25) is 4.98 Å². The lowest BCUT2D eigenvalue weighted by molar-refractivity contribution is 0.460. The smallest absolute Gasteiger partial charge is 0.372 e. The molecule has 0 saturated carbocycles. The second kappa shape index (κ2) is 5.46. The molecule has 94 valence electrons. The van der Waals surface area contributed by atoms with E-state index in [0.717, 1.165) is 18.5 Å². The van der Waals surface area contributed by atoms with Crippen molar-refractivity contribution >= 4 is 17.0 Å². The molecule has 2 aromatic rings. The third kappa shape index (κ3) is 2.57. The molecule has 0 bridgehead atoms. The Morgan fingerprint density at radius 1 is 1.39 bits per heavy atom. The fraction of sp³-hybridized carbons (Fsp3) is 0.231. The van der Waals surface area contributed by atoms with Crippen molar-refractivity contribution in [2.75, 3.05) is 13.6 Å². The molecule has 18 heavy (non-hydrogen) atoms. The summed E-state index contributed by atoms with van der Waals surface area (Å²) in [7, 11) is 1.88. The maximum absolute atomic E-state index is 11.7. The van der Waals surface area contributed by atoms with Gasteiger partial charge >= 0.3 is 11.4 Å². The number of H-pyrrole nitrogens is 1. The molecular formula is C13H14N2O3. The quantitative estimate of drug-likeness (QED) is 0.792. The van der Waals surface area contributed by atoms with Gasteiger partial charge in [0.05, 0.1) is 10.9 Å². The molecule has 0 aliphatic rings. The van der Waals surface area contributed by atoms with Crippen LogP contribution in [0, 0.1) is 0 Å². The van der Waals surface area contributed by atoms with Crippen LogP contribution in [0.2, 0.25) is 0 Å². The van der Waals surface area contributed by atoms with Crippen LogP contribution in [0.25, 0.3) is 17.0 Å². The zero-order chi connectivity index (χ0) is 13.0. The first-order chi connectivity index (χ1) is 8.72. The number of benzene rings is 1. The number of aromatic amines is 1. The fourth-order valence-electron chi connectivity index (χ4n) is 1.75. The van der Waals surface area contributed by atoms with Crippen molar-refractivity contribution in [3.8, 4) is 0 Å². The largest absolute Gasteiger partial charge is 0.419 e. The van der Waals surface area contributed by atoms with Crippen LogP contribution in [-0.2, 0) is 0 Å². The van der Waals surface area contributed by atoms with E-state index in [0.29, 0.717) is 10.9 Å². The molecule has 0 saturated heterocycles. The third-order valence-corrected chi connectivity index (χ3v) is 2.58. The number of aromatic nitrogens is 1. The molecular weight excluding hydrogens is 232 g/mol. The van der Waals surface area contributed by atoms with E-state index in [4.69, 9.17) is 0 Å². The Bertz CT molecular complexity index is 682. The molecule has 1 aromatic heterocycles. The van der Waals surface area contributed by atoms with E-state index in [1.807, 2.05) is 25.3 Å². The average Bonchev–Trinajstić information content (AvgIpc) is 2.34. The molecule has 0 unspecified atom stereocenters. The number of fused-ring (bicyclic) bond motifs is 1. The summed E-state index contributed by atoms with van der Waals surface area (Å²) in [6.07, 6.45) is 4.69. The molecule has 0 radical (unpaired) electrons. The first-order valence-electron chi connectivity index (χ1n) is 5.69. The number of nitrogens with one attached hydrogen (secondary N) is 2. The zero-order valence-corrected chi connectivity index (χ0v) is 10.0. The Morgan fingerprint density at radius 2 is 2.22 bits per heavy atom. The van der Waals surface area contributed by atoms with Crippen LogP contribution in [0.5, 0.6) is 0 Å². The van der Waals surface area contributed by atoms with E-state index in [-0.39, 0.29) is 0 Å². The SMILES string of the molecule is CNCCC=Cc1cccc2[nH]c(=O)oc(=O)c12. The van der Waals surface area contributed by atoms with Gasteiger partial charge in [-0.2, -0.15) is 0 Å². The van der Waals surface area contributed by atoms with E-state index in [1.165, 1.54) is 0 Å². The maximum Gasteiger partial charge on any atom is 0.419 e. The highest BCUT2D eigenvalue weighted by Crippen LogP contribution is 2.13.